The third-order valence-corrected chi connectivity index (χ3v) is 11.7. The number of hydrogen-bond acceptors (Lipinski definition) is 9. The maximum absolute atomic E-state index is 14.8. The lowest BCUT2D eigenvalue weighted by Crippen LogP contribution is -2.58. The Labute approximate surface area is 301 Å². The molecular weight excluding hydrogens is 701 g/mol. The number of fused-ring (bicyclic) bond motifs is 1. The second kappa shape index (κ2) is 13.6. The van der Waals surface area contributed by atoms with Crippen LogP contribution in [-0.2, 0) is 24.4 Å². The second-order valence-corrected chi connectivity index (χ2v) is 16.8. The number of hydrogen-bond donors (Lipinski definition) is 3. The Morgan fingerprint density at radius 3 is 2.51 bits per heavy atom. The van der Waals surface area contributed by atoms with E-state index in [0.29, 0.717) is 34.4 Å². The second-order valence-electron chi connectivity index (χ2n) is 14.4. The number of benzene rings is 2. The van der Waals surface area contributed by atoms with Gasteiger partial charge in [0.25, 0.3) is 5.91 Å². The predicted molar refractivity (Wildman–Crippen MR) is 190 cm³/mol. The van der Waals surface area contributed by atoms with Gasteiger partial charge in [0.15, 0.2) is 0 Å². The maximum Gasteiger partial charge on any atom is 0.259 e. The summed E-state index contributed by atoms with van der Waals surface area (Å²) < 4.78 is 54.2. The van der Waals surface area contributed by atoms with Crippen LogP contribution in [0, 0.1) is 17.2 Å². The normalized spacial score (nSPS) is 23.6. The molecule has 0 radical (unpaired) electrons. The topological polar surface area (TPSA) is 156 Å². The summed E-state index contributed by atoms with van der Waals surface area (Å²) in [5.41, 5.74) is -2.20. The van der Waals surface area contributed by atoms with Gasteiger partial charge in [0.2, 0.25) is 27.7 Å². The SMILES string of the molecule is C=C[C@@H]1C[C@]1(NC(=O)[C@@H]1C[C@@H](Oc2ncc(OC)c3ccc(Cl)cc23)CN1C(=O)[C@@H](Nc1ccccc1F)C(C)(C)C)C(=O)NS(=O)(=O)C1CC1. The summed E-state index contributed by atoms with van der Waals surface area (Å²) in [5.74, 6) is -2.40. The van der Waals surface area contributed by atoms with Crippen molar-refractivity contribution in [3.05, 3.63) is 72.2 Å². The minimum atomic E-state index is -3.90. The molecular formula is C36H41ClFN5O7S. The van der Waals surface area contributed by atoms with Crippen molar-refractivity contribution in [2.24, 2.45) is 11.3 Å². The van der Waals surface area contributed by atoms with E-state index in [-0.39, 0.29) is 31.0 Å². The number of nitrogens with zero attached hydrogens (tertiary/aromatic N) is 2. The average molecular weight is 742 g/mol. The fourth-order valence-electron chi connectivity index (χ4n) is 6.52. The van der Waals surface area contributed by atoms with Crippen molar-refractivity contribution in [3.8, 4) is 11.6 Å². The van der Waals surface area contributed by atoms with Gasteiger partial charge in [0.05, 0.1) is 30.8 Å². The lowest BCUT2D eigenvalue weighted by molar-refractivity contribution is -0.141. The minimum absolute atomic E-state index is 0.000724. The highest BCUT2D eigenvalue weighted by Crippen LogP contribution is 2.46. The van der Waals surface area contributed by atoms with Gasteiger partial charge in [-0.15, -0.1) is 6.58 Å². The van der Waals surface area contributed by atoms with Gasteiger partial charge in [-0.2, -0.15) is 0 Å². The number of sulfonamides is 1. The molecule has 0 bridgehead atoms. The average Bonchev–Trinajstić information content (AvgIpc) is 4.00. The zero-order valence-electron chi connectivity index (χ0n) is 28.7. The van der Waals surface area contributed by atoms with Crippen LogP contribution in [0.1, 0.15) is 46.5 Å². The molecule has 272 valence electrons. The first-order valence-corrected chi connectivity index (χ1v) is 18.6. The molecule has 2 heterocycles. The van der Waals surface area contributed by atoms with Gasteiger partial charge in [0, 0.05) is 28.1 Å². The van der Waals surface area contributed by atoms with Crippen molar-refractivity contribution in [2.75, 3.05) is 19.0 Å². The molecule has 1 aromatic heterocycles. The summed E-state index contributed by atoms with van der Waals surface area (Å²) in [6, 6.07) is 8.99. The molecule has 3 amide bonds. The van der Waals surface area contributed by atoms with Gasteiger partial charge in [-0.25, -0.2) is 17.8 Å². The van der Waals surface area contributed by atoms with Crippen LogP contribution in [0.15, 0.2) is 61.3 Å². The molecule has 1 aliphatic heterocycles. The number of halogens is 2. The van der Waals surface area contributed by atoms with Crippen molar-refractivity contribution < 1.29 is 36.7 Å². The van der Waals surface area contributed by atoms with E-state index in [1.165, 1.54) is 42.5 Å². The summed E-state index contributed by atoms with van der Waals surface area (Å²) >= 11 is 6.32. The summed E-state index contributed by atoms with van der Waals surface area (Å²) in [6.07, 6.45) is 3.28. The van der Waals surface area contributed by atoms with E-state index in [4.69, 9.17) is 21.1 Å². The predicted octanol–water partition coefficient (Wildman–Crippen LogP) is 4.58. The van der Waals surface area contributed by atoms with Gasteiger partial charge in [0.1, 0.15) is 35.3 Å². The van der Waals surface area contributed by atoms with E-state index in [2.05, 4.69) is 26.9 Å². The fraction of sp³-hybridized carbons (Fsp3) is 0.444. The highest BCUT2D eigenvalue weighted by Gasteiger charge is 2.62. The number of para-hydroxylation sites is 1. The highest BCUT2D eigenvalue weighted by atomic mass is 35.5. The number of rotatable bonds is 12. The van der Waals surface area contributed by atoms with Gasteiger partial charge in [-0.3, -0.25) is 19.1 Å². The van der Waals surface area contributed by atoms with E-state index in [9.17, 15) is 27.2 Å². The number of anilines is 1. The van der Waals surface area contributed by atoms with Crippen LogP contribution in [0.25, 0.3) is 10.8 Å². The Balaban J connectivity index is 1.32. The standard InChI is InChI=1S/C36H41ClFN5O7S/c1-6-20-17-36(20,34(46)42-51(47,48)23-12-13-23)41-31(44)28-16-22(50-32-25-15-21(37)11-14-24(25)29(49-5)18-39-32)19-43(28)33(45)30(35(2,3)4)40-27-10-8-7-9-26(27)38/h6-11,14-15,18,20,22-23,28,30,40H,1,12-13,16-17,19H2,2-5H3,(H,41,44)(H,42,46)/t20-,22-,28+,30-,36-/m1/s1. The first-order chi connectivity index (χ1) is 24.1. The van der Waals surface area contributed by atoms with Crippen molar-refractivity contribution in [1.29, 1.82) is 0 Å². The van der Waals surface area contributed by atoms with Crippen LogP contribution in [-0.4, -0.2) is 78.7 Å². The zero-order chi connectivity index (χ0) is 36.9. The molecule has 3 aromatic rings. The number of pyridine rings is 1. The van der Waals surface area contributed by atoms with Crippen LogP contribution >= 0.6 is 11.6 Å². The van der Waals surface area contributed by atoms with Crippen LogP contribution < -0.4 is 24.8 Å². The number of aromatic nitrogens is 1. The van der Waals surface area contributed by atoms with Crippen molar-refractivity contribution in [1.82, 2.24) is 19.9 Å². The van der Waals surface area contributed by atoms with Crippen LogP contribution in [0.2, 0.25) is 5.02 Å². The number of likely N-dealkylation sites (tertiary alicyclic amines) is 1. The number of carbonyl (C=O) groups is 3. The molecule has 1 saturated heterocycles. The first-order valence-electron chi connectivity index (χ1n) is 16.7. The molecule has 15 heteroatoms. The van der Waals surface area contributed by atoms with Gasteiger partial charge in [-0.05, 0) is 55.0 Å². The molecule has 51 heavy (non-hydrogen) atoms. The Morgan fingerprint density at radius 2 is 1.88 bits per heavy atom. The Bertz CT molecular complexity index is 2000. The van der Waals surface area contributed by atoms with Gasteiger partial charge >= 0.3 is 0 Å². The van der Waals surface area contributed by atoms with Crippen molar-refractivity contribution >= 4 is 55.8 Å². The lowest BCUT2D eigenvalue weighted by Gasteiger charge is -2.36. The van der Waals surface area contributed by atoms with Crippen LogP contribution in [0.4, 0.5) is 10.1 Å². The number of nitrogens with one attached hydrogen (secondary N) is 3. The van der Waals surface area contributed by atoms with E-state index in [1.54, 1.807) is 24.3 Å². The smallest absolute Gasteiger partial charge is 0.259 e. The summed E-state index contributed by atoms with van der Waals surface area (Å²) in [7, 11) is -2.39. The number of carbonyl (C=O) groups excluding carboxylic acids is 3. The molecule has 2 saturated carbocycles. The summed E-state index contributed by atoms with van der Waals surface area (Å²) in [6.45, 7) is 9.16. The fourth-order valence-corrected chi connectivity index (χ4v) is 8.06. The van der Waals surface area contributed by atoms with Crippen molar-refractivity contribution in [2.45, 2.75) is 75.4 Å². The third-order valence-electron chi connectivity index (χ3n) is 9.66. The largest absolute Gasteiger partial charge is 0.494 e. The molecule has 12 nitrogen and oxygen atoms in total. The Morgan fingerprint density at radius 1 is 1.16 bits per heavy atom. The molecule has 2 aromatic carbocycles. The minimum Gasteiger partial charge on any atom is -0.494 e. The summed E-state index contributed by atoms with van der Waals surface area (Å²) in [4.78, 5) is 48.1. The Kier molecular flexibility index (Phi) is 9.70. The first kappa shape index (κ1) is 36.4. The maximum atomic E-state index is 14.8. The number of amides is 3. The Hall–Kier alpha value is -4.43. The lowest BCUT2D eigenvalue weighted by atomic mass is 9.85. The van der Waals surface area contributed by atoms with Crippen molar-refractivity contribution in [3.63, 3.8) is 0 Å². The number of ether oxygens (including phenoxy) is 2. The van der Waals surface area contributed by atoms with E-state index in [1.807, 2.05) is 20.8 Å². The third kappa shape index (κ3) is 7.34. The van der Waals surface area contributed by atoms with Gasteiger partial charge < -0.3 is 25.0 Å². The molecule has 2 aliphatic carbocycles. The molecule has 3 aliphatic rings. The molecule has 3 N–H and O–H groups in total. The van der Waals surface area contributed by atoms with E-state index >= 15 is 0 Å². The summed E-state index contributed by atoms with van der Waals surface area (Å²) in [5, 5.41) is 6.86. The molecule has 0 spiro atoms. The van der Waals surface area contributed by atoms with E-state index < -0.39 is 73.9 Å². The van der Waals surface area contributed by atoms with Crippen LogP contribution in [0.3, 0.4) is 0 Å². The monoisotopic (exact) mass is 741 g/mol. The quantitative estimate of drug-likeness (QED) is 0.226. The van der Waals surface area contributed by atoms with Crippen LogP contribution in [0.5, 0.6) is 11.6 Å². The zero-order valence-corrected chi connectivity index (χ0v) is 30.3. The molecule has 3 fully saturated rings. The number of methoxy groups -OCH3 is 1. The highest BCUT2D eigenvalue weighted by molar-refractivity contribution is 7.91. The van der Waals surface area contributed by atoms with E-state index in [0.717, 1.165) is 0 Å². The van der Waals surface area contributed by atoms with Gasteiger partial charge in [-0.1, -0.05) is 50.6 Å². The molecule has 6 rings (SSSR count). The molecule has 5 atom stereocenters. The molecule has 0 unspecified atom stereocenters.